The van der Waals surface area contributed by atoms with Crippen LogP contribution in [0.2, 0.25) is 0 Å². The number of esters is 1. The normalized spacial score (nSPS) is 11.3. The standard InChI is InChI=1S/C14H13FN2O4S/c1-14(2,3)21-13(20)9-7(15)4-5-16-10(9)11-17-8(6-22-11)12(18)19/h4-6H,1-3H3,(H,18,19). The van der Waals surface area contributed by atoms with E-state index in [9.17, 15) is 14.0 Å². The molecule has 0 aliphatic carbocycles. The monoisotopic (exact) mass is 324 g/mol. The van der Waals surface area contributed by atoms with Crippen LogP contribution in [0.15, 0.2) is 17.6 Å². The van der Waals surface area contributed by atoms with Crippen LogP contribution in [-0.2, 0) is 4.74 Å². The Bertz CT molecular complexity index is 737. The maximum Gasteiger partial charge on any atom is 0.355 e. The van der Waals surface area contributed by atoms with Crippen LogP contribution in [0.1, 0.15) is 41.6 Å². The Morgan fingerprint density at radius 1 is 1.36 bits per heavy atom. The molecule has 116 valence electrons. The molecular formula is C14H13FN2O4S. The number of rotatable bonds is 3. The number of nitrogens with zero attached hydrogens (tertiary/aromatic N) is 2. The molecule has 22 heavy (non-hydrogen) atoms. The van der Waals surface area contributed by atoms with Crippen LogP contribution in [-0.4, -0.2) is 32.6 Å². The van der Waals surface area contributed by atoms with E-state index in [1.54, 1.807) is 20.8 Å². The second kappa shape index (κ2) is 5.80. The Morgan fingerprint density at radius 3 is 2.59 bits per heavy atom. The summed E-state index contributed by atoms with van der Waals surface area (Å²) in [4.78, 5) is 30.8. The van der Waals surface area contributed by atoms with Crippen LogP contribution in [0, 0.1) is 5.82 Å². The van der Waals surface area contributed by atoms with Gasteiger partial charge in [0.2, 0.25) is 0 Å². The van der Waals surface area contributed by atoms with Crippen molar-refractivity contribution in [1.82, 2.24) is 9.97 Å². The predicted molar refractivity (Wildman–Crippen MR) is 77.4 cm³/mol. The number of pyridine rings is 1. The number of aromatic carboxylic acids is 1. The van der Waals surface area contributed by atoms with E-state index in [1.165, 1.54) is 11.6 Å². The first-order valence-electron chi connectivity index (χ1n) is 6.26. The fourth-order valence-corrected chi connectivity index (χ4v) is 2.40. The van der Waals surface area contributed by atoms with Crippen molar-refractivity contribution in [2.45, 2.75) is 26.4 Å². The SMILES string of the molecule is CC(C)(C)OC(=O)c1c(F)ccnc1-c1nc(C(=O)O)cs1. The average Bonchev–Trinajstić information content (AvgIpc) is 2.85. The van der Waals surface area contributed by atoms with Gasteiger partial charge in [-0.25, -0.2) is 19.0 Å². The van der Waals surface area contributed by atoms with Crippen molar-refractivity contribution in [3.63, 3.8) is 0 Å². The topological polar surface area (TPSA) is 89.4 Å². The molecule has 1 N–H and O–H groups in total. The lowest BCUT2D eigenvalue weighted by Crippen LogP contribution is -2.25. The molecule has 0 spiro atoms. The Hall–Kier alpha value is -2.35. The van der Waals surface area contributed by atoms with Gasteiger partial charge in [-0.15, -0.1) is 11.3 Å². The molecule has 0 amide bonds. The maximum atomic E-state index is 14.0. The first-order chi connectivity index (χ1) is 10.2. The van der Waals surface area contributed by atoms with Gasteiger partial charge in [0.1, 0.15) is 27.7 Å². The van der Waals surface area contributed by atoms with Crippen LogP contribution in [0.3, 0.4) is 0 Å². The summed E-state index contributed by atoms with van der Waals surface area (Å²) >= 11 is 0.960. The highest BCUT2D eigenvalue weighted by atomic mass is 32.1. The maximum absolute atomic E-state index is 14.0. The summed E-state index contributed by atoms with van der Waals surface area (Å²) in [5, 5.41) is 10.3. The highest BCUT2D eigenvalue weighted by Crippen LogP contribution is 2.28. The first-order valence-corrected chi connectivity index (χ1v) is 7.14. The van der Waals surface area contributed by atoms with E-state index in [0.717, 1.165) is 17.4 Å². The van der Waals surface area contributed by atoms with E-state index in [-0.39, 0.29) is 22.0 Å². The highest BCUT2D eigenvalue weighted by Gasteiger charge is 2.26. The molecule has 6 nitrogen and oxygen atoms in total. The van der Waals surface area contributed by atoms with E-state index in [4.69, 9.17) is 9.84 Å². The van der Waals surface area contributed by atoms with Crippen molar-refractivity contribution in [3.05, 3.63) is 34.7 Å². The van der Waals surface area contributed by atoms with Gasteiger partial charge in [-0.3, -0.25) is 4.98 Å². The van der Waals surface area contributed by atoms with Gasteiger partial charge in [0.15, 0.2) is 5.69 Å². The quantitative estimate of drug-likeness (QED) is 0.873. The largest absolute Gasteiger partial charge is 0.476 e. The minimum Gasteiger partial charge on any atom is -0.476 e. The van der Waals surface area contributed by atoms with Crippen molar-refractivity contribution in [1.29, 1.82) is 0 Å². The van der Waals surface area contributed by atoms with E-state index in [2.05, 4.69) is 9.97 Å². The van der Waals surface area contributed by atoms with Crippen molar-refractivity contribution in [2.75, 3.05) is 0 Å². The Kier molecular flexibility index (Phi) is 4.23. The molecule has 2 aromatic rings. The van der Waals surface area contributed by atoms with Gasteiger partial charge >= 0.3 is 11.9 Å². The van der Waals surface area contributed by atoms with Gasteiger partial charge < -0.3 is 9.84 Å². The minimum absolute atomic E-state index is 0.0354. The number of hydrogen-bond acceptors (Lipinski definition) is 6. The summed E-state index contributed by atoms with van der Waals surface area (Å²) in [6, 6.07) is 1.04. The predicted octanol–water partition coefficient (Wildman–Crippen LogP) is 3.00. The lowest BCUT2D eigenvalue weighted by molar-refractivity contribution is 0.00651. The fraction of sp³-hybridized carbons (Fsp3) is 0.286. The van der Waals surface area contributed by atoms with Gasteiger partial charge in [-0.2, -0.15) is 0 Å². The molecule has 0 aliphatic heterocycles. The van der Waals surface area contributed by atoms with Gasteiger partial charge in [-0.1, -0.05) is 0 Å². The second-order valence-electron chi connectivity index (χ2n) is 5.36. The van der Waals surface area contributed by atoms with E-state index in [1.807, 2.05) is 0 Å². The number of carboxylic acid groups (broad SMARTS) is 1. The molecule has 0 unspecified atom stereocenters. The average molecular weight is 324 g/mol. The van der Waals surface area contributed by atoms with Crippen LogP contribution in [0.25, 0.3) is 10.7 Å². The van der Waals surface area contributed by atoms with Crippen LogP contribution >= 0.6 is 11.3 Å². The van der Waals surface area contributed by atoms with Gasteiger partial charge in [0, 0.05) is 11.6 Å². The third-order valence-electron chi connectivity index (χ3n) is 2.43. The zero-order valence-electron chi connectivity index (χ0n) is 12.1. The Morgan fingerprint density at radius 2 is 2.05 bits per heavy atom. The van der Waals surface area contributed by atoms with Crippen molar-refractivity contribution < 1.29 is 23.8 Å². The fourth-order valence-electron chi connectivity index (χ4n) is 1.60. The Balaban J connectivity index is 2.50. The third-order valence-corrected chi connectivity index (χ3v) is 3.28. The summed E-state index contributed by atoms with van der Waals surface area (Å²) in [7, 11) is 0. The number of carboxylic acids is 1. The first kappa shape index (κ1) is 16.0. The van der Waals surface area contributed by atoms with E-state index < -0.39 is 23.4 Å². The summed E-state index contributed by atoms with van der Waals surface area (Å²) in [6.45, 7) is 4.97. The molecule has 0 radical (unpaired) electrons. The number of carbonyl (C=O) groups excluding carboxylic acids is 1. The minimum atomic E-state index is -1.21. The Labute approximate surface area is 129 Å². The molecule has 0 bridgehead atoms. The lowest BCUT2D eigenvalue weighted by Gasteiger charge is -2.20. The summed E-state index contributed by atoms with van der Waals surface area (Å²) < 4.78 is 19.2. The zero-order valence-corrected chi connectivity index (χ0v) is 12.9. The number of carbonyl (C=O) groups is 2. The van der Waals surface area contributed by atoms with Gasteiger partial charge in [-0.05, 0) is 26.8 Å². The van der Waals surface area contributed by atoms with Gasteiger partial charge in [0.05, 0.1) is 0 Å². The van der Waals surface area contributed by atoms with E-state index in [0.29, 0.717) is 0 Å². The van der Waals surface area contributed by atoms with Crippen LogP contribution in [0.4, 0.5) is 4.39 Å². The number of hydrogen-bond donors (Lipinski definition) is 1. The molecular weight excluding hydrogens is 311 g/mol. The van der Waals surface area contributed by atoms with Gasteiger partial charge in [0.25, 0.3) is 0 Å². The number of halogens is 1. The van der Waals surface area contributed by atoms with Crippen molar-refractivity contribution >= 4 is 23.3 Å². The summed E-state index contributed by atoms with van der Waals surface area (Å²) in [5.41, 5.74) is -1.39. The molecule has 8 heteroatoms. The molecule has 2 rings (SSSR count). The van der Waals surface area contributed by atoms with Crippen molar-refractivity contribution in [3.8, 4) is 10.7 Å². The number of aromatic nitrogens is 2. The molecule has 0 fully saturated rings. The zero-order chi connectivity index (χ0) is 16.5. The molecule has 0 atom stereocenters. The molecule has 2 heterocycles. The summed E-state index contributed by atoms with van der Waals surface area (Å²) in [5.74, 6) is -2.88. The number of thiazole rings is 1. The smallest absolute Gasteiger partial charge is 0.355 e. The molecule has 0 aromatic carbocycles. The van der Waals surface area contributed by atoms with Crippen LogP contribution in [0.5, 0.6) is 0 Å². The molecule has 2 aromatic heterocycles. The molecule has 0 saturated carbocycles. The number of ether oxygens (including phenoxy) is 1. The second-order valence-corrected chi connectivity index (χ2v) is 6.22. The third kappa shape index (κ3) is 3.45. The lowest BCUT2D eigenvalue weighted by atomic mass is 10.1. The highest BCUT2D eigenvalue weighted by molar-refractivity contribution is 7.13. The molecule has 0 aliphatic rings. The van der Waals surface area contributed by atoms with E-state index >= 15 is 0 Å². The molecule has 0 saturated heterocycles. The van der Waals surface area contributed by atoms with Crippen molar-refractivity contribution in [2.24, 2.45) is 0 Å². The van der Waals surface area contributed by atoms with Crippen LogP contribution < -0.4 is 0 Å². The summed E-state index contributed by atoms with van der Waals surface area (Å²) in [6.07, 6.45) is 1.18.